The molecule has 2 fully saturated rings. The van der Waals surface area contributed by atoms with Gasteiger partial charge in [-0.2, -0.15) is 0 Å². The lowest BCUT2D eigenvalue weighted by molar-refractivity contribution is -0.143. The van der Waals surface area contributed by atoms with Crippen LogP contribution in [0.2, 0.25) is 0 Å². The normalized spacial score (nSPS) is 25.4. The Morgan fingerprint density at radius 2 is 2.02 bits per heavy atom. The zero-order chi connectivity index (χ0) is 31.4. The van der Waals surface area contributed by atoms with E-state index in [2.05, 4.69) is 15.6 Å². The number of aromatic nitrogens is 1. The van der Waals surface area contributed by atoms with Gasteiger partial charge in [-0.05, 0) is 69.7 Å². The molecule has 0 spiro atoms. The number of nitrogens with one attached hydrogen (secondary N) is 2. The van der Waals surface area contributed by atoms with Crippen molar-refractivity contribution >= 4 is 29.1 Å². The summed E-state index contributed by atoms with van der Waals surface area (Å²) in [5.74, 6) is -4.71. The maximum absolute atomic E-state index is 14.9. The molecule has 2 atom stereocenters. The first-order valence-corrected chi connectivity index (χ1v) is 15.9. The van der Waals surface area contributed by atoms with Crippen LogP contribution >= 0.6 is 11.3 Å². The molecule has 1 aromatic carbocycles. The van der Waals surface area contributed by atoms with Gasteiger partial charge < -0.3 is 20.5 Å². The number of carbonyl (C=O) groups is 2. The number of carboxylic acids is 1. The third-order valence-electron chi connectivity index (χ3n) is 8.69. The van der Waals surface area contributed by atoms with Crippen molar-refractivity contribution in [2.75, 3.05) is 26.2 Å². The SMILES string of the molecule is CCOC(=O)C1=C(CN2CC(F)(F)C[C@@H]2CCN[C@H]2CC[C@@H](C(=O)O)CC2)NC(c2nccs2)=N[C@H]1c1cccc(F)c1C. The zero-order valence-corrected chi connectivity index (χ0v) is 25.6. The lowest BCUT2D eigenvalue weighted by Gasteiger charge is -2.32. The van der Waals surface area contributed by atoms with Gasteiger partial charge in [0.1, 0.15) is 11.9 Å². The number of hydrogen-bond donors (Lipinski definition) is 3. The average Bonchev–Trinajstić information content (AvgIpc) is 3.62. The second-order valence-corrected chi connectivity index (χ2v) is 12.6. The first-order chi connectivity index (χ1) is 21.1. The monoisotopic (exact) mass is 633 g/mol. The van der Waals surface area contributed by atoms with Crippen molar-refractivity contribution in [2.24, 2.45) is 10.9 Å². The van der Waals surface area contributed by atoms with Crippen LogP contribution < -0.4 is 10.6 Å². The van der Waals surface area contributed by atoms with E-state index in [0.717, 1.165) is 12.8 Å². The van der Waals surface area contributed by atoms with E-state index in [1.807, 2.05) is 0 Å². The van der Waals surface area contributed by atoms with Crippen molar-refractivity contribution in [2.45, 2.75) is 76.4 Å². The Morgan fingerprint density at radius 1 is 1.25 bits per heavy atom. The largest absolute Gasteiger partial charge is 0.481 e. The van der Waals surface area contributed by atoms with Crippen LogP contribution in [0.3, 0.4) is 0 Å². The predicted molar refractivity (Wildman–Crippen MR) is 160 cm³/mol. The van der Waals surface area contributed by atoms with Crippen LogP contribution in [0.1, 0.15) is 67.6 Å². The number of halogens is 3. The van der Waals surface area contributed by atoms with Crippen molar-refractivity contribution in [3.63, 3.8) is 0 Å². The number of benzene rings is 1. The van der Waals surface area contributed by atoms with Crippen LogP contribution in [0.5, 0.6) is 0 Å². The van der Waals surface area contributed by atoms with Crippen molar-refractivity contribution < 1.29 is 32.6 Å². The second kappa shape index (κ2) is 13.8. The lowest BCUT2D eigenvalue weighted by atomic mass is 9.86. The van der Waals surface area contributed by atoms with Gasteiger partial charge in [-0.1, -0.05) is 12.1 Å². The van der Waals surface area contributed by atoms with E-state index in [0.29, 0.717) is 53.5 Å². The molecular formula is C31H38F3N5O4S. The number of rotatable bonds is 11. The molecule has 2 aliphatic heterocycles. The molecule has 1 saturated heterocycles. The van der Waals surface area contributed by atoms with E-state index < -0.39 is 42.3 Å². The fraction of sp³-hybridized carbons (Fsp3) is 0.548. The molecule has 0 unspecified atom stereocenters. The zero-order valence-electron chi connectivity index (χ0n) is 24.8. The summed E-state index contributed by atoms with van der Waals surface area (Å²) in [4.78, 5) is 35.6. The summed E-state index contributed by atoms with van der Waals surface area (Å²) in [6.07, 6.45) is 4.44. The highest BCUT2D eigenvalue weighted by atomic mass is 32.1. The molecule has 0 bridgehead atoms. The van der Waals surface area contributed by atoms with Gasteiger partial charge in [0, 0.05) is 42.3 Å². The van der Waals surface area contributed by atoms with Crippen LogP contribution in [-0.2, 0) is 14.3 Å². The molecule has 2 aromatic rings. The van der Waals surface area contributed by atoms with Crippen molar-refractivity contribution in [3.8, 4) is 0 Å². The Bertz CT molecular complexity index is 1410. The lowest BCUT2D eigenvalue weighted by Crippen LogP contribution is -2.42. The Labute approximate surface area is 258 Å². The number of aliphatic carboxylic acids is 1. The van der Waals surface area contributed by atoms with Gasteiger partial charge in [0.15, 0.2) is 10.8 Å². The number of nitrogens with zero attached hydrogens (tertiary/aromatic N) is 3. The Morgan fingerprint density at radius 3 is 2.70 bits per heavy atom. The van der Waals surface area contributed by atoms with E-state index in [4.69, 9.17) is 9.73 Å². The summed E-state index contributed by atoms with van der Waals surface area (Å²) in [7, 11) is 0. The van der Waals surface area contributed by atoms with Crippen LogP contribution in [0, 0.1) is 18.7 Å². The van der Waals surface area contributed by atoms with E-state index in [1.165, 1.54) is 17.4 Å². The molecule has 13 heteroatoms. The Kier molecular flexibility index (Phi) is 10.1. The van der Waals surface area contributed by atoms with E-state index >= 15 is 0 Å². The molecule has 5 rings (SSSR count). The van der Waals surface area contributed by atoms with E-state index in [-0.39, 0.29) is 37.1 Å². The summed E-state index contributed by atoms with van der Waals surface area (Å²) >= 11 is 1.33. The highest BCUT2D eigenvalue weighted by Gasteiger charge is 2.46. The molecule has 3 heterocycles. The third kappa shape index (κ3) is 7.32. The molecule has 1 saturated carbocycles. The molecule has 0 amide bonds. The van der Waals surface area contributed by atoms with E-state index in [9.17, 15) is 27.9 Å². The number of alkyl halides is 2. The fourth-order valence-electron chi connectivity index (χ4n) is 6.40. The molecule has 238 valence electrons. The highest BCUT2D eigenvalue weighted by molar-refractivity contribution is 7.11. The number of hydrogen-bond acceptors (Lipinski definition) is 9. The van der Waals surface area contributed by atoms with Gasteiger partial charge in [-0.3, -0.25) is 14.7 Å². The number of carboxylic acid groups (broad SMARTS) is 1. The molecule has 1 aliphatic carbocycles. The predicted octanol–water partition coefficient (Wildman–Crippen LogP) is 4.83. The molecular weight excluding hydrogens is 595 g/mol. The van der Waals surface area contributed by atoms with Crippen LogP contribution in [0.25, 0.3) is 0 Å². The van der Waals surface area contributed by atoms with Gasteiger partial charge in [0.2, 0.25) is 0 Å². The number of amidine groups is 1. The quantitative estimate of drug-likeness (QED) is 0.302. The number of thiazole rings is 1. The number of aliphatic imine (C=N–C) groups is 1. The molecule has 44 heavy (non-hydrogen) atoms. The first kappa shape index (κ1) is 32.1. The summed E-state index contributed by atoms with van der Waals surface area (Å²) < 4.78 is 49.9. The van der Waals surface area contributed by atoms with Gasteiger partial charge in [-0.15, -0.1) is 11.3 Å². The third-order valence-corrected chi connectivity index (χ3v) is 9.47. The van der Waals surface area contributed by atoms with Crippen molar-refractivity contribution in [1.29, 1.82) is 0 Å². The maximum atomic E-state index is 14.9. The average molecular weight is 634 g/mol. The van der Waals surface area contributed by atoms with Crippen LogP contribution in [-0.4, -0.2) is 77.0 Å². The minimum absolute atomic E-state index is 0.00732. The van der Waals surface area contributed by atoms with Crippen LogP contribution in [0.15, 0.2) is 46.0 Å². The fourth-order valence-corrected chi connectivity index (χ4v) is 6.99. The highest BCUT2D eigenvalue weighted by Crippen LogP contribution is 2.38. The minimum atomic E-state index is -2.91. The summed E-state index contributed by atoms with van der Waals surface area (Å²) in [6, 6.07) is 3.36. The smallest absolute Gasteiger partial charge is 0.338 e. The summed E-state index contributed by atoms with van der Waals surface area (Å²) in [6.45, 7) is 3.43. The topological polar surface area (TPSA) is 116 Å². The van der Waals surface area contributed by atoms with Gasteiger partial charge in [-0.25, -0.2) is 22.9 Å². The summed E-state index contributed by atoms with van der Waals surface area (Å²) in [5.41, 5.74) is 1.34. The van der Waals surface area contributed by atoms with Crippen molar-refractivity contribution in [3.05, 3.63) is 63.0 Å². The number of likely N-dealkylation sites (tertiary alicyclic amines) is 1. The number of carbonyl (C=O) groups excluding carboxylic acids is 1. The Balaban J connectivity index is 1.41. The van der Waals surface area contributed by atoms with Crippen molar-refractivity contribution in [1.82, 2.24) is 20.5 Å². The maximum Gasteiger partial charge on any atom is 0.338 e. The summed E-state index contributed by atoms with van der Waals surface area (Å²) in [5, 5.41) is 18.2. The molecule has 3 aliphatic rings. The molecule has 3 N–H and O–H groups in total. The van der Waals surface area contributed by atoms with Gasteiger partial charge >= 0.3 is 11.9 Å². The molecule has 1 aromatic heterocycles. The molecule has 0 radical (unpaired) electrons. The van der Waals surface area contributed by atoms with Crippen LogP contribution in [0.4, 0.5) is 13.2 Å². The molecule has 9 nitrogen and oxygen atoms in total. The number of esters is 1. The second-order valence-electron chi connectivity index (χ2n) is 11.7. The van der Waals surface area contributed by atoms with E-state index in [1.54, 1.807) is 42.5 Å². The standard InChI is InChI=1S/C31H38F3N5O4S/c1-3-43-30(42)25-24(37-27(28-36-13-14-44-28)38-26(25)22-5-4-6-23(32)18(22)2)16-39-17-31(33,34)15-21(39)11-12-35-20-9-7-19(8-10-20)29(40)41/h4-6,13-14,19-21,26,35H,3,7-12,15-17H2,1-2H3,(H,37,38)(H,40,41)/t19-,20+,21-,26-/m0/s1. The first-order valence-electron chi connectivity index (χ1n) is 15.0. The van der Waals surface area contributed by atoms with Gasteiger partial charge in [0.05, 0.1) is 24.6 Å². The van der Waals surface area contributed by atoms with Gasteiger partial charge in [0.25, 0.3) is 5.92 Å². The number of ether oxygens (including phenoxy) is 1. The minimum Gasteiger partial charge on any atom is -0.481 e. The Hall–Kier alpha value is -3.29.